The summed E-state index contributed by atoms with van der Waals surface area (Å²) >= 11 is 0. The highest BCUT2D eigenvalue weighted by Crippen LogP contribution is 2.15. The monoisotopic (exact) mass is 154 g/mol. The first-order valence-corrected chi connectivity index (χ1v) is 4.00. The Morgan fingerprint density at radius 1 is 1.45 bits per heavy atom. The Hall–Kier alpha value is -0.590. The molecule has 1 rings (SSSR count). The Labute approximate surface area is 67.2 Å². The lowest BCUT2D eigenvalue weighted by Crippen LogP contribution is -2.19. The van der Waals surface area contributed by atoms with Gasteiger partial charge in [-0.2, -0.15) is 5.26 Å². The second-order valence-electron chi connectivity index (χ2n) is 3.18. The van der Waals surface area contributed by atoms with E-state index in [0.29, 0.717) is 0 Å². The van der Waals surface area contributed by atoms with Gasteiger partial charge in [-0.1, -0.05) is 0 Å². The highest BCUT2D eigenvalue weighted by atomic mass is 16.3. The van der Waals surface area contributed by atoms with Crippen LogP contribution in [0.15, 0.2) is 0 Å². The van der Waals surface area contributed by atoms with Crippen molar-refractivity contribution in [3.63, 3.8) is 0 Å². The third kappa shape index (κ3) is 2.18. The third-order valence-electron chi connectivity index (χ3n) is 2.26. The molecule has 1 N–H and O–H groups in total. The Morgan fingerprint density at radius 2 is 2.09 bits per heavy atom. The summed E-state index contributed by atoms with van der Waals surface area (Å²) < 4.78 is 0. The molecular weight excluding hydrogens is 140 g/mol. The molecule has 1 saturated heterocycles. The van der Waals surface area contributed by atoms with E-state index in [2.05, 4.69) is 11.0 Å². The summed E-state index contributed by atoms with van der Waals surface area (Å²) in [5.41, 5.74) is 0. The van der Waals surface area contributed by atoms with Gasteiger partial charge in [0, 0.05) is 6.54 Å². The lowest BCUT2D eigenvalue weighted by Gasteiger charge is -2.10. The highest BCUT2D eigenvalue weighted by Gasteiger charge is 2.22. The van der Waals surface area contributed by atoms with Crippen molar-refractivity contribution >= 4 is 0 Å². The molecule has 1 aliphatic heterocycles. The molecule has 0 amide bonds. The van der Waals surface area contributed by atoms with Crippen LogP contribution in [-0.2, 0) is 0 Å². The van der Waals surface area contributed by atoms with Crippen molar-refractivity contribution in [1.29, 1.82) is 5.26 Å². The summed E-state index contributed by atoms with van der Waals surface area (Å²) in [7, 11) is 2.02. The normalized spacial score (nSPS) is 34.3. The van der Waals surface area contributed by atoms with Crippen LogP contribution in [0, 0.1) is 17.2 Å². The van der Waals surface area contributed by atoms with Crippen LogP contribution < -0.4 is 0 Å². The molecule has 0 aromatic heterocycles. The molecule has 0 spiro atoms. The standard InChI is InChI=1S/C8H14N2O/c1-10-4-2-7(6-9)8(11)3-5-10/h7-8,11H,2-5H2,1H3/t7-,8-/m1/s1. The molecule has 0 saturated carbocycles. The fourth-order valence-electron chi connectivity index (χ4n) is 1.37. The van der Waals surface area contributed by atoms with Crippen molar-refractivity contribution in [3.05, 3.63) is 0 Å². The lowest BCUT2D eigenvalue weighted by molar-refractivity contribution is 0.128. The Morgan fingerprint density at radius 3 is 2.73 bits per heavy atom. The van der Waals surface area contributed by atoms with Gasteiger partial charge in [-0.15, -0.1) is 0 Å². The first-order chi connectivity index (χ1) is 5.24. The highest BCUT2D eigenvalue weighted by molar-refractivity contribution is 4.90. The van der Waals surface area contributed by atoms with E-state index in [1.165, 1.54) is 0 Å². The third-order valence-corrected chi connectivity index (χ3v) is 2.26. The average Bonchev–Trinajstić information content (AvgIpc) is 2.15. The molecule has 3 heteroatoms. The number of nitrogens with zero attached hydrogens (tertiary/aromatic N) is 2. The molecule has 0 aromatic rings. The van der Waals surface area contributed by atoms with Crippen LogP contribution in [0.25, 0.3) is 0 Å². The van der Waals surface area contributed by atoms with Gasteiger partial charge in [0.25, 0.3) is 0 Å². The topological polar surface area (TPSA) is 47.3 Å². The van der Waals surface area contributed by atoms with E-state index in [4.69, 9.17) is 5.26 Å². The minimum Gasteiger partial charge on any atom is -0.392 e. The van der Waals surface area contributed by atoms with E-state index >= 15 is 0 Å². The van der Waals surface area contributed by atoms with Gasteiger partial charge in [0.1, 0.15) is 0 Å². The predicted octanol–water partition coefficient (Wildman–Crippen LogP) is 0.213. The van der Waals surface area contributed by atoms with Crippen molar-refractivity contribution in [3.8, 4) is 6.07 Å². The summed E-state index contributed by atoms with van der Waals surface area (Å²) in [6, 6.07) is 2.14. The summed E-state index contributed by atoms with van der Waals surface area (Å²) in [6.07, 6.45) is 1.12. The maximum Gasteiger partial charge on any atom is 0.0735 e. The van der Waals surface area contributed by atoms with E-state index in [9.17, 15) is 5.11 Å². The van der Waals surface area contributed by atoms with E-state index < -0.39 is 6.10 Å². The van der Waals surface area contributed by atoms with Crippen molar-refractivity contribution in [1.82, 2.24) is 4.90 Å². The van der Waals surface area contributed by atoms with Gasteiger partial charge in [-0.3, -0.25) is 0 Å². The Kier molecular flexibility index (Phi) is 2.86. The van der Waals surface area contributed by atoms with Crippen LogP contribution in [0.1, 0.15) is 12.8 Å². The van der Waals surface area contributed by atoms with Crippen LogP contribution in [0.3, 0.4) is 0 Å². The van der Waals surface area contributed by atoms with Gasteiger partial charge >= 0.3 is 0 Å². The number of likely N-dealkylation sites (tertiary alicyclic amines) is 1. The molecule has 0 unspecified atom stereocenters. The number of rotatable bonds is 0. The molecule has 0 bridgehead atoms. The van der Waals surface area contributed by atoms with Crippen LogP contribution in [0.4, 0.5) is 0 Å². The fourth-order valence-corrected chi connectivity index (χ4v) is 1.37. The van der Waals surface area contributed by atoms with E-state index in [1.54, 1.807) is 0 Å². The van der Waals surface area contributed by atoms with Gasteiger partial charge in [0.05, 0.1) is 18.1 Å². The van der Waals surface area contributed by atoms with Crippen LogP contribution >= 0.6 is 0 Å². The summed E-state index contributed by atoms with van der Waals surface area (Å²) in [6.45, 7) is 1.83. The van der Waals surface area contributed by atoms with Gasteiger partial charge < -0.3 is 10.0 Å². The molecule has 1 heterocycles. The van der Waals surface area contributed by atoms with Crippen molar-refractivity contribution in [2.75, 3.05) is 20.1 Å². The van der Waals surface area contributed by atoms with Crippen LogP contribution in [-0.4, -0.2) is 36.2 Å². The summed E-state index contributed by atoms with van der Waals surface area (Å²) in [5, 5.41) is 18.1. The molecule has 11 heavy (non-hydrogen) atoms. The number of aliphatic hydroxyl groups excluding tert-OH is 1. The van der Waals surface area contributed by atoms with E-state index in [-0.39, 0.29) is 5.92 Å². The minimum absolute atomic E-state index is 0.153. The molecule has 0 radical (unpaired) electrons. The van der Waals surface area contributed by atoms with Gasteiger partial charge in [0.15, 0.2) is 0 Å². The van der Waals surface area contributed by atoms with E-state index in [1.807, 2.05) is 7.05 Å². The minimum atomic E-state index is -0.412. The maximum atomic E-state index is 9.42. The van der Waals surface area contributed by atoms with Gasteiger partial charge in [0.2, 0.25) is 0 Å². The van der Waals surface area contributed by atoms with Crippen molar-refractivity contribution < 1.29 is 5.11 Å². The fraction of sp³-hybridized carbons (Fsp3) is 0.875. The Bertz CT molecular complexity index is 164. The largest absolute Gasteiger partial charge is 0.392 e. The molecule has 3 nitrogen and oxygen atoms in total. The molecule has 0 aromatic carbocycles. The number of aliphatic hydroxyl groups is 1. The zero-order valence-electron chi connectivity index (χ0n) is 6.82. The van der Waals surface area contributed by atoms with Crippen molar-refractivity contribution in [2.45, 2.75) is 18.9 Å². The first kappa shape index (κ1) is 8.51. The second kappa shape index (κ2) is 3.70. The average molecular weight is 154 g/mol. The first-order valence-electron chi connectivity index (χ1n) is 4.00. The zero-order valence-corrected chi connectivity index (χ0v) is 6.82. The van der Waals surface area contributed by atoms with Crippen LogP contribution in [0.5, 0.6) is 0 Å². The summed E-state index contributed by atoms with van der Waals surface area (Å²) in [5.74, 6) is -0.153. The quantitative estimate of drug-likeness (QED) is 0.542. The Balaban J connectivity index is 2.50. The molecule has 62 valence electrons. The molecule has 2 atom stereocenters. The SMILES string of the molecule is CN1CC[C@@H](O)[C@@H](C#N)CC1. The van der Waals surface area contributed by atoms with Gasteiger partial charge in [-0.25, -0.2) is 0 Å². The van der Waals surface area contributed by atoms with Crippen LogP contribution in [0.2, 0.25) is 0 Å². The molecule has 1 fully saturated rings. The number of hydrogen-bond donors (Lipinski definition) is 1. The molecular formula is C8H14N2O. The second-order valence-corrected chi connectivity index (χ2v) is 3.18. The molecule has 0 aliphatic carbocycles. The number of nitriles is 1. The maximum absolute atomic E-state index is 9.42. The zero-order chi connectivity index (χ0) is 8.27. The van der Waals surface area contributed by atoms with Crippen molar-refractivity contribution in [2.24, 2.45) is 5.92 Å². The lowest BCUT2D eigenvalue weighted by atomic mass is 10.00. The smallest absolute Gasteiger partial charge is 0.0735 e. The molecule has 1 aliphatic rings. The summed E-state index contributed by atoms with van der Waals surface area (Å²) in [4.78, 5) is 2.15. The van der Waals surface area contributed by atoms with E-state index in [0.717, 1.165) is 25.9 Å². The predicted molar refractivity (Wildman–Crippen MR) is 41.8 cm³/mol. The number of hydrogen-bond acceptors (Lipinski definition) is 3. The van der Waals surface area contributed by atoms with Gasteiger partial charge in [-0.05, 0) is 26.4 Å².